The summed E-state index contributed by atoms with van der Waals surface area (Å²) < 4.78 is 34.6. The Hall–Kier alpha value is -1.53. The summed E-state index contributed by atoms with van der Waals surface area (Å²) in [6, 6.07) is 8.83. The van der Waals surface area contributed by atoms with E-state index >= 15 is 0 Å². The third-order valence-corrected chi connectivity index (χ3v) is 6.26. The van der Waals surface area contributed by atoms with Crippen molar-refractivity contribution in [3.8, 4) is 5.75 Å². The summed E-state index contributed by atoms with van der Waals surface area (Å²) in [6.45, 7) is 7.70. The van der Waals surface area contributed by atoms with Gasteiger partial charge in [0.15, 0.2) is 0 Å². The van der Waals surface area contributed by atoms with Crippen molar-refractivity contribution in [2.75, 3.05) is 11.8 Å². The minimum atomic E-state index is -3.68. The highest BCUT2D eigenvalue weighted by Crippen LogP contribution is 2.32. The normalized spacial score (nSPS) is 11.6. The van der Waals surface area contributed by atoms with E-state index in [1.807, 2.05) is 26.8 Å². The van der Waals surface area contributed by atoms with Gasteiger partial charge in [-0.3, -0.25) is 4.72 Å². The van der Waals surface area contributed by atoms with Gasteiger partial charge in [0.1, 0.15) is 5.75 Å². The van der Waals surface area contributed by atoms with Crippen LogP contribution in [0, 0.1) is 13.8 Å². The van der Waals surface area contributed by atoms with Crippen LogP contribution >= 0.6 is 15.9 Å². The fraction of sp³-hybridized carbons (Fsp3) is 0.333. The average Bonchev–Trinajstić information content (AvgIpc) is 2.49. The molecule has 0 heterocycles. The molecule has 130 valence electrons. The number of ether oxygens (including phenoxy) is 1. The molecule has 0 aliphatic heterocycles. The van der Waals surface area contributed by atoms with Crippen molar-refractivity contribution in [3.05, 3.63) is 51.5 Å². The third kappa shape index (κ3) is 3.92. The lowest BCUT2D eigenvalue weighted by molar-refractivity contribution is 0.406. The molecule has 6 heteroatoms. The van der Waals surface area contributed by atoms with E-state index in [1.165, 1.54) is 0 Å². The van der Waals surface area contributed by atoms with Gasteiger partial charge in [0.2, 0.25) is 0 Å². The van der Waals surface area contributed by atoms with E-state index in [9.17, 15) is 8.42 Å². The maximum atomic E-state index is 12.8. The fourth-order valence-electron chi connectivity index (χ4n) is 2.51. The van der Waals surface area contributed by atoms with E-state index in [-0.39, 0.29) is 10.8 Å². The Morgan fingerprint density at radius 2 is 1.75 bits per heavy atom. The number of hydrogen-bond acceptors (Lipinski definition) is 3. The van der Waals surface area contributed by atoms with Crippen LogP contribution in [0.25, 0.3) is 0 Å². The molecule has 0 saturated carbocycles. The van der Waals surface area contributed by atoms with Gasteiger partial charge in [-0.15, -0.1) is 0 Å². The van der Waals surface area contributed by atoms with Crippen LogP contribution in [0.3, 0.4) is 0 Å². The van der Waals surface area contributed by atoms with Gasteiger partial charge in [-0.25, -0.2) is 8.42 Å². The van der Waals surface area contributed by atoms with Crippen LogP contribution in [-0.4, -0.2) is 15.5 Å². The second kappa shape index (κ2) is 7.15. The standard InChI is InChI=1S/C18H22BrNO3S/c1-11(2)15-10-18(13(4)9-17(15)23-5)24(21,22)20-14-6-7-16(19)12(3)8-14/h6-11,20H,1-5H3. The number of anilines is 1. The maximum absolute atomic E-state index is 12.8. The monoisotopic (exact) mass is 411 g/mol. The molecule has 2 aromatic carbocycles. The molecule has 0 amide bonds. The summed E-state index contributed by atoms with van der Waals surface area (Å²) in [5.74, 6) is 0.866. The highest BCUT2D eigenvalue weighted by Gasteiger charge is 2.21. The first kappa shape index (κ1) is 18.8. The molecule has 0 radical (unpaired) electrons. The average molecular weight is 412 g/mol. The number of nitrogens with one attached hydrogen (secondary N) is 1. The minimum Gasteiger partial charge on any atom is -0.496 e. The summed E-state index contributed by atoms with van der Waals surface area (Å²) in [4.78, 5) is 0.271. The number of aryl methyl sites for hydroxylation is 2. The van der Waals surface area contributed by atoms with E-state index in [2.05, 4.69) is 20.7 Å². The Morgan fingerprint density at radius 1 is 1.08 bits per heavy atom. The van der Waals surface area contributed by atoms with E-state index in [0.29, 0.717) is 17.0 Å². The lowest BCUT2D eigenvalue weighted by Gasteiger charge is -2.17. The largest absolute Gasteiger partial charge is 0.496 e. The molecule has 0 aliphatic carbocycles. The van der Waals surface area contributed by atoms with E-state index in [4.69, 9.17) is 4.74 Å². The zero-order valence-corrected chi connectivity index (χ0v) is 16.9. The van der Waals surface area contributed by atoms with Crippen LogP contribution < -0.4 is 9.46 Å². The van der Waals surface area contributed by atoms with E-state index in [1.54, 1.807) is 38.3 Å². The Morgan fingerprint density at radius 3 is 2.29 bits per heavy atom. The van der Waals surface area contributed by atoms with Crippen LogP contribution in [0.1, 0.15) is 36.5 Å². The van der Waals surface area contributed by atoms with E-state index in [0.717, 1.165) is 15.6 Å². The smallest absolute Gasteiger partial charge is 0.262 e. The van der Waals surface area contributed by atoms with Crippen LogP contribution in [-0.2, 0) is 10.0 Å². The minimum absolute atomic E-state index is 0.157. The number of halogens is 1. The fourth-order valence-corrected chi connectivity index (χ4v) is 4.07. The van der Waals surface area contributed by atoms with Gasteiger partial charge in [0.05, 0.1) is 12.0 Å². The van der Waals surface area contributed by atoms with Crippen LogP contribution in [0.15, 0.2) is 39.7 Å². The summed E-state index contributed by atoms with van der Waals surface area (Å²) >= 11 is 3.42. The second-order valence-electron chi connectivity index (χ2n) is 6.08. The predicted octanol–water partition coefficient (Wildman–Crippen LogP) is 5.00. The van der Waals surface area contributed by atoms with Gasteiger partial charge in [-0.1, -0.05) is 29.8 Å². The molecule has 0 spiro atoms. The zero-order valence-electron chi connectivity index (χ0n) is 14.5. The van der Waals surface area contributed by atoms with Crippen molar-refractivity contribution in [2.45, 2.75) is 38.5 Å². The van der Waals surface area contributed by atoms with E-state index < -0.39 is 10.0 Å². The Kier molecular flexibility index (Phi) is 5.60. The van der Waals surface area contributed by atoms with Gasteiger partial charge in [0, 0.05) is 10.2 Å². The molecule has 0 saturated heterocycles. The van der Waals surface area contributed by atoms with Crippen LogP contribution in [0.4, 0.5) is 5.69 Å². The molecule has 1 N–H and O–H groups in total. The maximum Gasteiger partial charge on any atom is 0.262 e. The van der Waals surface area contributed by atoms with Crippen molar-refractivity contribution < 1.29 is 13.2 Å². The first-order valence-electron chi connectivity index (χ1n) is 7.63. The molecular formula is C18H22BrNO3S. The van der Waals surface area contributed by atoms with Gasteiger partial charge in [-0.05, 0) is 66.8 Å². The zero-order chi connectivity index (χ0) is 18.1. The molecule has 0 aliphatic rings. The lowest BCUT2D eigenvalue weighted by atomic mass is 10.0. The molecule has 0 bridgehead atoms. The Balaban J connectivity index is 2.48. The molecule has 2 rings (SSSR count). The SMILES string of the molecule is COc1cc(C)c(S(=O)(=O)Nc2ccc(Br)c(C)c2)cc1C(C)C. The first-order valence-corrected chi connectivity index (χ1v) is 9.91. The summed E-state index contributed by atoms with van der Waals surface area (Å²) in [7, 11) is -2.08. The number of hydrogen-bond donors (Lipinski definition) is 1. The summed E-state index contributed by atoms with van der Waals surface area (Å²) in [6.07, 6.45) is 0. The number of methoxy groups -OCH3 is 1. The Bertz CT molecular complexity index is 861. The van der Waals surface area contributed by atoms with Gasteiger partial charge in [0.25, 0.3) is 10.0 Å². The lowest BCUT2D eigenvalue weighted by Crippen LogP contribution is -2.15. The number of rotatable bonds is 5. The van der Waals surface area contributed by atoms with Crippen LogP contribution in [0.2, 0.25) is 0 Å². The van der Waals surface area contributed by atoms with Crippen molar-refractivity contribution in [1.29, 1.82) is 0 Å². The first-order chi connectivity index (χ1) is 11.2. The summed E-state index contributed by atoms with van der Waals surface area (Å²) in [5.41, 5.74) is 3.02. The van der Waals surface area contributed by atoms with Crippen molar-refractivity contribution >= 4 is 31.6 Å². The van der Waals surface area contributed by atoms with Gasteiger partial charge in [-0.2, -0.15) is 0 Å². The van der Waals surface area contributed by atoms with Crippen molar-refractivity contribution in [2.24, 2.45) is 0 Å². The number of sulfonamides is 1. The molecular weight excluding hydrogens is 390 g/mol. The molecule has 0 aromatic heterocycles. The van der Waals surface area contributed by atoms with Gasteiger partial charge < -0.3 is 4.74 Å². The summed E-state index contributed by atoms with van der Waals surface area (Å²) in [5, 5.41) is 0. The molecule has 0 fully saturated rings. The van der Waals surface area contributed by atoms with Crippen molar-refractivity contribution in [3.63, 3.8) is 0 Å². The molecule has 24 heavy (non-hydrogen) atoms. The molecule has 4 nitrogen and oxygen atoms in total. The molecule has 2 aromatic rings. The molecule has 0 atom stereocenters. The predicted molar refractivity (Wildman–Crippen MR) is 102 cm³/mol. The molecule has 0 unspecified atom stereocenters. The quantitative estimate of drug-likeness (QED) is 0.752. The third-order valence-electron chi connectivity index (χ3n) is 3.85. The second-order valence-corrected chi connectivity index (χ2v) is 8.59. The van der Waals surface area contributed by atoms with Crippen molar-refractivity contribution in [1.82, 2.24) is 0 Å². The Labute approximate surface area is 152 Å². The highest BCUT2D eigenvalue weighted by atomic mass is 79.9. The van der Waals surface area contributed by atoms with Gasteiger partial charge >= 0.3 is 0 Å². The topological polar surface area (TPSA) is 55.4 Å². The number of benzene rings is 2. The highest BCUT2D eigenvalue weighted by molar-refractivity contribution is 9.10. The van der Waals surface area contributed by atoms with Crippen LogP contribution in [0.5, 0.6) is 5.75 Å².